The van der Waals surface area contributed by atoms with Gasteiger partial charge in [0.2, 0.25) is 0 Å². The summed E-state index contributed by atoms with van der Waals surface area (Å²) in [5, 5.41) is 2.57. The van der Waals surface area contributed by atoms with Gasteiger partial charge in [0, 0.05) is 38.5 Å². The van der Waals surface area contributed by atoms with Crippen LogP contribution in [-0.2, 0) is 20.7 Å². The molecule has 2 aromatic carbocycles. The van der Waals surface area contributed by atoms with Crippen molar-refractivity contribution in [3.05, 3.63) is 48.0 Å². The van der Waals surface area contributed by atoms with Gasteiger partial charge in [-0.2, -0.15) is 0 Å². The normalized spacial score (nSPS) is 25.8. The first-order valence-electron chi connectivity index (χ1n) is 10.2. The highest BCUT2D eigenvalue weighted by Crippen LogP contribution is 2.22. The average molecular weight is 383 g/mol. The van der Waals surface area contributed by atoms with Gasteiger partial charge < -0.3 is 9.47 Å². The van der Waals surface area contributed by atoms with Crippen LogP contribution in [0.3, 0.4) is 0 Å². The topological polar surface area (TPSA) is 62.8 Å². The minimum atomic E-state index is -0.278. The number of carbonyl (C=O) groups excluding carboxylic acids is 1. The van der Waals surface area contributed by atoms with E-state index in [2.05, 4.69) is 58.2 Å². The van der Waals surface area contributed by atoms with Gasteiger partial charge in [0.05, 0.1) is 19.3 Å². The Morgan fingerprint density at radius 1 is 1.25 bits per heavy atom. The molecular formula is C22H29N3O3. The molecule has 2 aromatic rings. The van der Waals surface area contributed by atoms with Gasteiger partial charge in [0.25, 0.3) is 0 Å². The summed E-state index contributed by atoms with van der Waals surface area (Å²) in [5.41, 5.74) is 7.52. The van der Waals surface area contributed by atoms with E-state index in [1.54, 1.807) is 0 Å². The number of carbonyl (C=O) groups is 1. The molecule has 4 rings (SSSR count). The second-order valence-electron chi connectivity index (χ2n) is 7.61. The number of benzene rings is 2. The van der Waals surface area contributed by atoms with Crippen LogP contribution in [0.15, 0.2) is 42.5 Å². The van der Waals surface area contributed by atoms with Gasteiger partial charge >= 0.3 is 5.97 Å². The third kappa shape index (κ3) is 4.36. The molecule has 3 atom stereocenters. The Labute approximate surface area is 166 Å². The number of esters is 1. The third-order valence-electron chi connectivity index (χ3n) is 5.68. The minimum Gasteiger partial charge on any atom is -0.465 e. The van der Waals surface area contributed by atoms with Crippen molar-refractivity contribution in [2.24, 2.45) is 5.92 Å². The molecule has 2 N–H and O–H groups in total. The van der Waals surface area contributed by atoms with E-state index in [0.717, 1.165) is 39.2 Å². The lowest BCUT2D eigenvalue weighted by molar-refractivity contribution is -0.146. The largest absolute Gasteiger partial charge is 0.465 e. The molecule has 0 bridgehead atoms. The highest BCUT2D eigenvalue weighted by atomic mass is 16.5. The van der Waals surface area contributed by atoms with Crippen molar-refractivity contribution in [3.63, 3.8) is 0 Å². The predicted octanol–water partition coefficient (Wildman–Crippen LogP) is 1.74. The molecule has 0 spiro atoms. The highest BCUT2D eigenvalue weighted by Gasteiger charge is 2.36. The standard InChI is InChI=1S/C22H29N3O3/c1-2-27-22(26)21-18(13-23-24-21)14-25-10-11-28-19(15-25)12-17-8-5-7-16-6-3-4-9-20(16)17/h3-9,18-19,21,23-24H,2,10-15H2,1H3. The van der Waals surface area contributed by atoms with Gasteiger partial charge in [-0.15, -0.1) is 0 Å². The number of nitrogens with zero attached hydrogens (tertiary/aromatic N) is 1. The first kappa shape index (κ1) is 19.3. The summed E-state index contributed by atoms with van der Waals surface area (Å²) in [6, 6.07) is 14.7. The molecule has 0 aliphatic carbocycles. The molecular weight excluding hydrogens is 354 g/mol. The Kier molecular flexibility index (Phi) is 6.22. The third-order valence-corrected chi connectivity index (χ3v) is 5.68. The maximum Gasteiger partial charge on any atom is 0.324 e. The Balaban J connectivity index is 1.38. The quantitative estimate of drug-likeness (QED) is 0.741. The monoisotopic (exact) mass is 383 g/mol. The fourth-order valence-electron chi connectivity index (χ4n) is 4.31. The zero-order chi connectivity index (χ0) is 19.3. The molecule has 6 heteroatoms. The smallest absolute Gasteiger partial charge is 0.324 e. The Hall–Kier alpha value is -1.99. The van der Waals surface area contributed by atoms with E-state index >= 15 is 0 Å². The molecule has 2 saturated heterocycles. The molecule has 0 radical (unpaired) electrons. The van der Waals surface area contributed by atoms with Gasteiger partial charge in [0.1, 0.15) is 6.04 Å². The van der Waals surface area contributed by atoms with Crippen molar-refractivity contribution in [1.82, 2.24) is 15.8 Å². The first-order valence-corrected chi connectivity index (χ1v) is 10.2. The fraction of sp³-hybridized carbons (Fsp3) is 0.500. The fourth-order valence-corrected chi connectivity index (χ4v) is 4.31. The molecule has 0 saturated carbocycles. The Morgan fingerprint density at radius 3 is 3.00 bits per heavy atom. The maximum absolute atomic E-state index is 12.2. The molecule has 3 unspecified atom stereocenters. The summed E-state index contributed by atoms with van der Waals surface area (Å²) in [5.74, 6) is 0.0356. The summed E-state index contributed by atoms with van der Waals surface area (Å²) < 4.78 is 11.3. The molecule has 28 heavy (non-hydrogen) atoms. The van der Waals surface area contributed by atoms with Gasteiger partial charge in [-0.3, -0.25) is 15.1 Å². The molecule has 6 nitrogen and oxygen atoms in total. The van der Waals surface area contributed by atoms with Gasteiger partial charge in [-0.05, 0) is 23.3 Å². The summed E-state index contributed by atoms with van der Waals surface area (Å²) in [7, 11) is 0. The predicted molar refractivity (Wildman–Crippen MR) is 109 cm³/mol. The number of morpholine rings is 1. The van der Waals surface area contributed by atoms with E-state index in [4.69, 9.17) is 9.47 Å². The number of rotatable bonds is 6. The molecule has 0 amide bonds. The van der Waals surface area contributed by atoms with Crippen LogP contribution in [0.1, 0.15) is 12.5 Å². The summed E-state index contributed by atoms with van der Waals surface area (Å²) >= 11 is 0. The first-order chi connectivity index (χ1) is 13.7. The van der Waals surface area contributed by atoms with Gasteiger partial charge in [0.15, 0.2) is 0 Å². The molecule has 0 aromatic heterocycles. The Morgan fingerprint density at radius 2 is 2.11 bits per heavy atom. The van der Waals surface area contributed by atoms with Crippen molar-refractivity contribution in [2.75, 3.05) is 39.4 Å². The van der Waals surface area contributed by atoms with Crippen LogP contribution in [0.4, 0.5) is 0 Å². The van der Waals surface area contributed by atoms with E-state index in [1.165, 1.54) is 16.3 Å². The number of ether oxygens (including phenoxy) is 2. The molecule has 150 valence electrons. The molecule has 2 aliphatic rings. The van der Waals surface area contributed by atoms with Crippen molar-refractivity contribution < 1.29 is 14.3 Å². The number of hydrogen-bond donors (Lipinski definition) is 2. The van der Waals surface area contributed by atoms with Crippen molar-refractivity contribution in [3.8, 4) is 0 Å². The zero-order valence-electron chi connectivity index (χ0n) is 16.4. The van der Waals surface area contributed by atoms with Crippen LogP contribution in [0.5, 0.6) is 0 Å². The summed E-state index contributed by atoms with van der Waals surface area (Å²) in [6.45, 7) is 6.40. The summed E-state index contributed by atoms with van der Waals surface area (Å²) in [4.78, 5) is 14.6. The second kappa shape index (κ2) is 9.01. The lowest BCUT2D eigenvalue weighted by Gasteiger charge is -2.35. The van der Waals surface area contributed by atoms with E-state index in [0.29, 0.717) is 6.61 Å². The highest BCUT2D eigenvalue weighted by molar-refractivity contribution is 5.85. The van der Waals surface area contributed by atoms with E-state index in [1.807, 2.05) is 6.92 Å². The van der Waals surface area contributed by atoms with Crippen LogP contribution in [0, 0.1) is 5.92 Å². The van der Waals surface area contributed by atoms with Crippen LogP contribution in [-0.4, -0.2) is 62.4 Å². The lowest BCUT2D eigenvalue weighted by Crippen LogP contribution is -2.48. The average Bonchev–Trinajstić information content (AvgIpc) is 3.17. The van der Waals surface area contributed by atoms with E-state index < -0.39 is 0 Å². The lowest BCUT2D eigenvalue weighted by atomic mass is 9.98. The molecule has 2 heterocycles. The zero-order valence-corrected chi connectivity index (χ0v) is 16.4. The number of hydrogen-bond acceptors (Lipinski definition) is 6. The SMILES string of the molecule is CCOC(=O)C1NNCC1CN1CCOC(Cc2cccc3ccccc23)C1. The van der Waals surface area contributed by atoms with Crippen LogP contribution in [0.25, 0.3) is 10.8 Å². The molecule has 2 aliphatic heterocycles. The van der Waals surface area contributed by atoms with Gasteiger partial charge in [-0.1, -0.05) is 42.5 Å². The minimum absolute atomic E-state index is 0.168. The van der Waals surface area contributed by atoms with E-state index in [-0.39, 0.29) is 24.0 Å². The van der Waals surface area contributed by atoms with Gasteiger partial charge in [-0.25, -0.2) is 5.43 Å². The van der Waals surface area contributed by atoms with E-state index in [9.17, 15) is 4.79 Å². The number of fused-ring (bicyclic) bond motifs is 1. The Bertz CT molecular complexity index is 807. The maximum atomic E-state index is 12.2. The molecule has 2 fully saturated rings. The van der Waals surface area contributed by atoms with Crippen LogP contribution in [0.2, 0.25) is 0 Å². The van der Waals surface area contributed by atoms with Crippen molar-refractivity contribution in [2.45, 2.75) is 25.5 Å². The van der Waals surface area contributed by atoms with Crippen LogP contribution < -0.4 is 10.9 Å². The van der Waals surface area contributed by atoms with Crippen LogP contribution >= 0.6 is 0 Å². The second-order valence-corrected chi connectivity index (χ2v) is 7.61. The number of nitrogens with one attached hydrogen (secondary N) is 2. The number of hydrazine groups is 1. The van der Waals surface area contributed by atoms with Crippen molar-refractivity contribution >= 4 is 16.7 Å². The van der Waals surface area contributed by atoms with Crippen molar-refractivity contribution in [1.29, 1.82) is 0 Å². The summed E-state index contributed by atoms with van der Waals surface area (Å²) in [6.07, 6.45) is 1.07.